The molecule has 0 radical (unpaired) electrons. The van der Waals surface area contributed by atoms with Crippen molar-refractivity contribution in [1.29, 1.82) is 0 Å². The van der Waals surface area contributed by atoms with E-state index in [0.29, 0.717) is 4.41 Å². The Labute approximate surface area is 168 Å². The van der Waals surface area contributed by atoms with Gasteiger partial charge in [0, 0.05) is 17.3 Å². The molecule has 1 aromatic carbocycles. The molecular formula is C19H20N2O7S. The van der Waals surface area contributed by atoms with Gasteiger partial charge in [0.05, 0.1) is 30.9 Å². The van der Waals surface area contributed by atoms with Crippen LogP contribution in [0.1, 0.15) is 31.1 Å². The van der Waals surface area contributed by atoms with Gasteiger partial charge >= 0.3 is 11.9 Å². The van der Waals surface area contributed by atoms with E-state index in [2.05, 4.69) is 0 Å². The highest BCUT2D eigenvalue weighted by Crippen LogP contribution is 2.41. The Morgan fingerprint density at radius 3 is 1.90 bits per heavy atom. The molecule has 0 atom stereocenters. The number of hydrazine groups is 1. The van der Waals surface area contributed by atoms with Crippen molar-refractivity contribution in [2.45, 2.75) is 25.7 Å². The molecule has 0 unspecified atom stereocenters. The smallest absolute Gasteiger partial charge is 0.336 e. The van der Waals surface area contributed by atoms with Crippen LogP contribution in [0.15, 0.2) is 51.7 Å². The predicted molar refractivity (Wildman–Crippen MR) is 100 cm³/mol. The van der Waals surface area contributed by atoms with Crippen molar-refractivity contribution in [1.82, 2.24) is 9.42 Å². The molecule has 0 N–H and O–H groups in total. The molecule has 1 aromatic rings. The van der Waals surface area contributed by atoms with Crippen LogP contribution in [0.5, 0.6) is 0 Å². The summed E-state index contributed by atoms with van der Waals surface area (Å²) in [4.78, 5) is 37.7. The second kappa shape index (κ2) is 7.03. The topological polar surface area (TPSA) is 110 Å². The summed E-state index contributed by atoms with van der Waals surface area (Å²) >= 11 is 0. The fourth-order valence-electron chi connectivity index (χ4n) is 3.76. The average Bonchev–Trinajstić information content (AvgIpc) is 2.88. The molecule has 154 valence electrons. The summed E-state index contributed by atoms with van der Waals surface area (Å²) in [6.07, 6.45) is 0. The first-order valence-corrected chi connectivity index (χ1v) is 10.1. The quantitative estimate of drug-likeness (QED) is 0.678. The molecular weight excluding hydrogens is 400 g/mol. The van der Waals surface area contributed by atoms with E-state index in [-0.39, 0.29) is 33.0 Å². The number of hydrogen-bond acceptors (Lipinski definition) is 8. The number of hydrogen-bond donors (Lipinski definition) is 0. The summed E-state index contributed by atoms with van der Waals surface area (Å²) in [6.45, 7) is 4.59. The Morgan fingerprint density at radius 2 is 1.45 bits per heavy atom. The molecule has 2 aliphatic rings. The maximum atomic E-state index is 13.1. The number of nitrogens with zero attached hydrogens (tertiary/aromatic N) is 2. The van der Waals surface area contributed by atoms with Crippen molar-refractivity contribution in [3.8, 4) is 0 Å². The first-order chi connectivity index (χ1) is 13.6. The predicted octanol–water partition coefficient (Wildman–Crippen LogP) is 1.59. The van der Waals surface area contributed by atoms with E-state index >= 15 is 0 Å². The highest BCUT2D eigenvalue weighted by atomic mass is 32.2. The summed E-state index contributed by atoms with van der Waals surface area (Å²) in [5.41, 5.74) is 0.444. The molecule has 2 heterocycles. The van der Waals surface area contributed by atoms with Gasteiger partial charge in [0.15, 0.2) is 0 Å². The van der Waals surface area contributed by atoms with Crippen molar-refractivity contribution in [2.75, 3.05) is 14.2 Å². The fraction of sp³-hybridized carbons (Fsp3) is 0.316. The van der Waals surface area contributed by atoms with Crippen LogP contribution in [0.2, 0.25) is 0 Å². The van der Waals surface area contributed by atoms with Gasteiger partial charge in [-0.2, -0.15) is 8.42 Å². The van der Waals surface area contributed by atoms with Crippen LogP contribution in [-0.2, 0) is 29.1 Å². The number of ether oxygens (including phenoxy) is 2. The zero-order valence-corrected chi connectivity index (χ0v) is 17.4. The summed E-state index contributed by atoms with van der Waals surface area (Å²) < 4.78 is 36.5. The van der Waals surface area contributed by atoms with Crippen LogP contribution < -0.4 is 0 Å². The van der Waals surface area contributed by atoms with E-state index in [1.807, 2.05) is 0 Å². The fourth-order valence-corrected chi connectivity index (χ4v) is 5.41. The van der Waals surface area contributed by atoms with Gasteiger partial charge < -0.3 is 9.47 Å². The van der Waals surface area contributed by atoms with Crippen molar-refractivity contribution < 1.29 is 32.3 Å². The summed E-state index contributed by atoms with van der Waals surface area (Å²) in [5.74, 6) is -3.00. The van der Waals surface area contributed by atoms with Gasteiger partial charge in [-0.1, -0.05) is 19.1 Å². The number of amides is 1. The minimum atomic E-state index is -4.25. The Hall–Kier alpha value is -3.14. The number of benzene rings is 1. The molecule has 0 fully saturated rings. The molecule has 29 heavy (non-hydrogen) atoms. The van der Waals surface area contributed by atoms with Crippen LogP contribution in [0, 0.1) is 5.92 Å². The van der Waals surface area contributed by atoms with E-state index in [9.17, 15) is 22.8 Å². The molecule has 0 aromatic heterocycles. The van der Waals surface area contributed by atoms with Crippen LogP contribution >= 0.6 is 0 Å². The highest BCUT2D eigenvalue weighted by molar-refractivity contribution is 7.90. The average molecular weight is 420 g/mol. The molecule has 0 saturated heterocycles. The first kappa shape index (κ1) is 20.6. The van der Waals surface area contributed by atoms with Crippen LogP contribution in [0.25, 0.3) is 0 Å². The van der Waals surface area contributed by atoms with Crippen LogP contribution in [0.3, 0.4) is 0 Å². The lowest BCUT2D eigenvalue weighted by Gasteiger charge is -2.39. The maximum absolute atomic E-state index is 13.1. The number of rotatable bonds is 3. The van der Waals surface area contributed by atoms with Crippen molar-refractivity contribution in [2.24, 2.45) is 5.92 Å². The second-order valence-corrected chi connectivity index (χ2v) is 8.30. The van der Waals surface area contributed by atoms with E-state index in [1.165, 1.54) is 46.3 Å². The Kier molecular flexibility index (Phi) is 4.99. The van der Waals surface area contributed by atoms with Gasteiger partial charge in [-0.3, -0.25) is 4.79 Å². The van der Waals surface area contributed by atoms with Crippen molar-refractivity contribution in [3.63, 3.8) is 0 Å². The van der Waals surface area contributed by atoms with Gasteiger partial charge in [0.2, 0.25) is 0 Å². The SMILES string of the molecule is COC(=O)C1=C(C)N(N2C(=O)c3ccccc3S2(=O)=O)C(C)=C(C(=O)OC)C1C. The van der Waals surface area contributed by atoms with E-state index in [4.69, 9.17) is 9.47 Å². The summed E-state index contributed by atoms with van der Waals surface area (Å²) in [7, 11) is -1.90. The molecule has 9 nitrogen and oxygen atoms in total. The normalized spacial score (nSPS) is 18.9. The third-order valence-electron chi connectivity index (χ3n) is 5.07. The Bertz CT molecular complexity index is 1060. The van der Waals surface area contributed by atoms with Crippen LogP contribution in [-0.4, -0.2) is 49.9 Å². The number of methoxy groups -OCH3 is 2. The Morgan fingerprint density at radius 1 is 0.966 bits per heavy atom. The zero-order valence-electron chi connectivity index (χ0n) is 16.5. The van der Waals surface area contributed by atoms with Gasteiger partial charge in [-0.05, 0) is 26.0 Å². The van der Waals surface area contributed by atoms with Gasteiger partial charge in [-0.15, -0.1) is 4.41 Å². The second-order valence-electron chi connectivity index (χ2n) is 6.56. The lowest BCUT2D eigenvalue weighted by molar-refractivity contribution is -0.138. The molecule has 0 spiro atoms. The standard InChI is InChI=1S/C19H20N2O7S/c1-10-15(18(23)27-4)11(2)20(12(3)16(10)19(24)28-5)21-17(22)13-8-6-7-9-14(13)29(21,25)26/h6-10H,1-5H3. The molecule has 0 saturated carbocycles. The van der Waals surface area contributed by atoms with E-state index in [1.54, 1.807) is 13.0 Å². The monoisotopic (exact) mass is 420 g/mol. The third-order valence-corrected chi connectivity index (χ3v) is 6.77. The van der Waals surface area contributed by atoms with Crippen molar-refractivity contribution in [3.05, 3.63) is 52.4 Å². The highest BCUT2D eigenvalue weighted by Gasteiger charge is 2.49. The minimum Gasteiger partial charge on any atom is -0.466 e. The third kappa shape index (κ3) is 2.82. The van der Waals surface area contributed by atoms with Crippen LogP contribution in [0.4, 0.5) is 0 Å². The van der Waals surface area contributed by atoms with Gasteiger partial charge in [-0.25, -0.2) is 14.6 Å². The van der Waals surface area contributed by atoms with E-state index < -0.39 is 33.8 Å². The number of carbonyl (C=O) groups is 3. The molecule has 10 heteroatoms. The summed E-state index contributed by atoms with van der Waals surface area (Å²) in [6, 6.07) is 5.80. The largest absolute Gasteiger partial charge is 0.466 e. The first-order valence-electron chi connectivity index (χ1n) is 8.66. The molecule has 2 aliphatic heterocycles. The minimum absolute atomic E-state index is 0.00552. The Balaban J connectivity index is 2.30. The lowest BCUT2D eigenvalue weighted by atomic mass is 9.86. The number of carbonyl (C=O) groups excluding carboxylic acids is 3. The zero-order chi connectivity index (χ0) is 21.7. The number of fused-ring (bicyclic) bond motifs is 1. The van der Waals surface area contributed by atoms with Crippen molar-refractivity contribution >= 4 is 27.9 Å². The van der Waals surface area contributed by atoms with Gasteiger partial charge in [0.1, 0.15) is 4.90 Å². The maximum Gasteiger partial charge on any atom is 0.336 e. The van der Waals surface area contributed by atoms with Gasteiger partial charge in [0.25, 0.3) is 15.9 Å². The van der Waals surface area contributed by atoms with E-state index in [0.717, 1.165) is 5.01 Å². The number of esters is 2. The molecule has 0 bridgehead atoms. The molecule has 1 amide bonds. The number of sulfonamides is 1. The molecule has 0 aliphatic carbocycles. The molecule has 3 rings (SSSR count). The number of allylic oxidation sites excluding steroid dienone is 2. The summed E-state index contributed by atoms with van der Waals surface area (Å²) in [5, 5.41) is 1.07. The lowest BCUT2D eigenvalue weighted by Crippen LogP contribution is -2.48.